The van der Waals surface area contributed by atoms with E-state index in [2.05, 4.69) is 19.9 Å². The Morgan fingerprint density at radius 2 is 0.778 bits per heavy atom. The van der Waals surface area contributed by atoms with Crippen molar-refractivity contribution in [1.82, 2.24) is 19.9 Å². The van der Waals surface area contributed by atoms with Crippen LogP contribution in [0.1, 0.15) is 40.5 Å². The van der Waals surface area contributed by atoms with Crippen LogP contribution in [-0.2, 0) is 19.5 Å². The second-order valence-corrected chi connectivity index (χ2v) is 5.58. The van der Waals surface area contributed by atoms with E-state index in [1.54, 1.807) is 77.3 Å². The van der Waals surface area contributed by atoms with Crippen LogP contribution < -0.4 is 10.2 Å². The molecule has 0 fully saturated rings. The van der Waals surface area contributed by atoms with Crippen LogP contribution in [0.15, 0.2) is 49.6 Å². The zero-order valence-electron chi connectivity index (χ0n) is 16.2. The molecule has 0 radical (unpaired) electrons. The molecule has 2 N–H and O–H groups in total. The molecular formula is C18H30N4O4Ru-2. The van der Waals surface area contributed by atoms with Crippen molar-refractivity contribution in [3.63, 3.8) is 0 Å². The maximum absolute atomic E-state index is 10.2. The third-order valence-electron chi connectivity index (χ3n) is 2.30. The molecule has 0 aliphatic heterocycles. The molecule has 4 atom stereocenters. The molecular weight excluding hydrogens is 437 g/mol. The van der Waals surface area contributed by atoms with Gasteiger partial charge in [-0.05, 0) is 26.7 Å². The number of aliphatic hydroxyl groups excluding tert-OH is 2. The van der Waals surface area contributed by atoms with Gasteiger partial charge >= 0.3 is 0 Å². The van der Waals surface area contributed by atoms with E-state index in [0.717, 1.165) is 0 Å². The molecule has 2 rings (SSSR count). The first-order chi connectivity index (χ1) is 12.3. The fraction of sp³-hybridized carbons (Fsp3) is 0.556. The van der Waals surface area contributed by atoms with E-state index >= 15 is 0 Å². The molecule has 0 aliphatic carbocycles. The number of rotatable bonds is 4. The maximum atomic E-state index is 10.2. The van der Waals surface area contributed by atoms with Gasteiger partial charge in [0.05, 0.1) is 12.2 Å². The summed E-state index contributed by atoms with van der Waals surface area (Å²) >= 11 is 0. The molecule has 0 saturated carbocycles. The van der Waals surface area contributed by atoms with Gasteiger partial charge in [0.15, 0.2) is 0 Å². The Labute approximate surface area is 174 Å². The summed E-state index contributed by atoms with van der Waals surface area (Å²) in [6.45, 7) is 6.34. The fourth-order valence-corrected chi connectivity index (χ4v) is 1.47. The van der Waals surface area contributed by atoms with Crippen LogP contribution >= 0.6 is 0 Å². The third kappa shape index (κ3) is 36.3. The van der Waals surface area contributed by atoms with Crippen LogP contribution in [0.4, 0.5) is 0 Å². The van der Waals surface area contributed by atoms with Crippen molar-refractivity contribution in [2.24, 2.45) is 0 Å². The van der Waals surface area contributed by atoms with Crippen LogP contribution in [-0.4, -0.2) is 54.6 Å². The molecule has 0 saturated heterocycles. The van der Waals surface area contributed by atoms with Crippen LogP contribution in [0.5, 0.6) is 0 Å². The molecule has 9 heteroatoms. The van der Waals surface area contributed by atoms with Crippen molar-refractivity contribution in [1.29, 1.82) is 0 Å². The first kappa shape index (κ1) is 30.4. The summed E-state index contributed by atoms with van der Waals surface area (Å²) in [6.07, 6.45) is 11.7. The van der Waals surface area contributed by atoms with Gasteiger partial charge in [0.2, 0.25) is 0 Å². The first-order valence-corrected chi connectivity index (χ1v) is 8.33. The SMILES string of the molecule is CC([O-])CC(C)O.CC([O-])CC(C)O.[Ru].c1cnccn1.c1cnccn1. The van der Waals surface area contributed by atoms with Crippen LogP contribution in [0, 0.1) is 0 Å². The van der Waals surface area contributed by atoms with Crippen LogP contribution in [0.25, 0.3) is 0 Å². The molecule has 0 amide bonds. The molecule has 0 bridgehead atoms. The molecule has 8 nitrogen and oxygen atoms in total. The van der Waals surface area contributed by atoms with Crippen LogP contribution in [0.2, 0.25) is 0 Å². The first-order valence-electron chi connectivity index (χ1n) is 8.33. The summed E-state index contributed by atoms with van der Waals surface area (Å²) in [5, 5.41) is 37.4. The molecule has 2 aromatic rings. The number of hydrogen-bond donors (Lipinski definition) is 2. The van der Waals surface area contributed by atoms with Crippen molar-refractivity contribution in [2.45, 2.75) is 65.0 Å². The van der Waals surface area contributed by atoms with E-state index in [1.807, 2.05) is 0 Å². The minimum atomic E-state index is -0.625. The Morgan fingerprint density at radius 3 is 0.815 bits per heavy atom. The standard InChI is InChI=1S/2C5H11O2.2C4H4N2.Ru/c2*1-4(6)3-5(2)7;2*1-2-6-4-3-5-1;/h2*4-6H,3H2,1-2H3;2*1-4H;/q2*-1;;;. The average Bonchev–Trinajstić information content (AvgIpc) is 2.57. The molecule has 2 aromatic heterocycles. The van der Waals surface area contributed by atoms with Gasteiger partial charge in [-0.2, -0.15) is 0 Å². The van der Waals surface area contributed by atoms with Crippen LogP contribution in [0.3, 0.4) is 0 Å². The number of aromatic nitrogens is 4. The maximum Gasteiger partial charge on any atom is 0.0501 e. The number of aliphatic hydroxyl groups is 2. The molecule has 156 valence electrons. The Bertz CT molecular complexity index is 366. The Morgan fingerprint density at radius 1 is 0.593 bits per heavy atom. The van der Waals surface area contributed by atoms with Gasteiger partial charge in [0.25, 0.3) is 0 Å². The minimum absolute atomic E-state index is 0. The van der Waals surface area contributed by atoms with E-state index < -0.39 is 24.4 Å². The topological polar surface area (TPSA) is 138 Å². The third-order valence-corrected chi connectivity index (χ3v) is 2.30. The van der Waals surface area contributed by atoms with E-state index in [4.69, 9.17) is 10.2 Å². The predicted molar refractivity (Wildman–Crippen MR) is 95.6 cm³/mol. The van der Waals surface area contributed by atoms with Crippen molar-refractivity contribution >= 4 is 0 Å². The van der Waals surface area contributed by atoms with Gasteiger partial charge in [0.1, 0.15) is 0 Å². The predicted octanol–water partition coefficient (Wildman–Crippen LogP) is -0.0371. The summed E-state index contributed by atoms with van der Waals surface area (Å²) in [6, 6.07) is 0. The summed E-state index contributed by atoms with van der Waals surface area (Å²) in [5.41, 5.74) is 0. The van der Waals surface area contributed by atoms with Crippen molar-refractivity contribution in [2.75, 3.05) is 0 Å². The fourth-order valence-electron chi connectivity index (χ4n) is 1.47. The second-order valence-electron chi connectivity index (χ2n) is 5.58. The Kier molecular flexibility index (Phi) is 25.5. The van der Waals surface area contributed by atoms with Gasteiger partial charge in [-0.3, -0.25) is 19.9 Å². The molecule has 0 aromatic carbocycles. The van der Waals surface area contributed by atoms with Crippen molar-refractivity contribution in [3.8, 4) is 0 Å². The summed E-state index contributed by atoms with van der Waals surface area (Å²) in [7, 11) is 0. The Balaban J connectivity index is -0.000000281. The zero-order chi connectivity index (χ0) is 20.2. The van der Waals surface area contributed by atoms with Gasteiger partial charge in [-0.15, -0.1) is 12.2 Å². The smallest absolute Gasteiger partial charge is 0.0501 e. The summed E-state index contributed by atoms with van der Waals surface area (Å²) in [5.74, 6) is 0. The molecule has 4 unspecified atom stereocenters. The molecule has 0 spiro atoms. The molecule has 0 aliphatic rings. The van der Waals surface area contributed by atoms with Gasteiger partial charge in [0, 0.05) is 69.1 Å². The summed E-state index contributed by atoms with van der Waals surface area (Å²) < 4.78 is 0. The number of hydrogen-bond acceptors (Lipinski definition) is 8. The quantitative estimate of drug-likeness (QED) is 0.598. The van der Waals surface area contributed by atoms with E-state index in [-0.39, 0.29) is 19.5 Å². The monoisotopic (exact) mass is 468 g/mol. The second kappa shape index (κ2) is 22.7. The normalized spacial score (nSPS) is 13.3. The largest absolute Gasteiger partial charge is 0.852 e. The van der Waals surface area contributed by atoms with Gasteiger partial charge in [-0.25, -0.2) is 0 Å². The average molecular weight is 468 g/mol. The van der Waals surface area contributed by atoms with E-state index in [1.165, 1.54) is 0 Å². The molecule has 2 heterocycles. The summed E-state index contributed by atoms with van der Waals surface area (Å²) in [4.78, 5) is 14.9. The zero-order valence-corrected chi connectivity index (χ0v) is 17.9. The van der Waals surface area contributed by atoms with Crippen molar-refractivity contribution in [3.05, 3.63) is 49.6 Å². The van der Waals surface area contributed by atoms with E-state index in [0.29, 0.717) is 12.8 Å². The minimum Gasteiger partial charge on any atom is -0.852 e. The van der Waals surface area contributed by atoms with Crippen molar-refractivity contribution < 1.29 is 39.9 Å². The van der Waals surface area contributed by atoms with E-state index in [9.17, 15) is 10.2 Å². The number of nitrogens with zero attached hydrogens (tertiary/aromatic N) is 4. The Hall–Kier alpha value is -1.38. The van der Waals surface area contributed by atoms with Gasteiger partial charge < -0.3 is 20.4 Å². The van der Waals surface area contributed by atoms with Gasteiger partial charge in [-0.1, -0.05) is 13.8 Å². The molecule has 27 heavy (non-hydrogen) atoms.